The molecule has 4 rings (SSSR count). The second-order valence-corrected chi connectivity index (χ2v) is 8.82. The van der Waals surface area contributed by atoms with Crippen molar-refractivity contribution >= 4 is 17.6 Å². The maximum atomic E-state index is 13.2. The molecule has 0 aromatic heterocycles. The summed E-state index contributed by atoms with van der Waals surface area (Å²) >= 11 is 0. The van der Waals surface area contributed by atoms with Crippen LogP contribution in [-0.4, -0.2) is 49.8 Å². The molecule has 1 heterocycles. The van der Waals surface area contributed by atoms with Crippen LogP contribution in [0.1, 0.15) is 24.0 Å². The average Bonchev–Trinajstić information content (AvgIpc) is 3.42. The minimum absolute atomic E-state index is 0.131. The van der Waals surface area contributed by atoms with Crippen LogP contribution in [0.2, 0.25) is 0 Å². The zero-order chi connectivity index (χ0) is 26.4. The van der Waals surface area contributed by atoms with Crippen LogP contribution in [0.15, 0.2) is 66.7 Å². The number of amides is 1. The lowest BCUT2D eigenvalue weighted by molar-refractivity contribution is -0.141. The van der Waals surface area contributed by atoms with Gasteiger partial charge in [-0.2, -0.15) is 5.26 Å². The molecule has 37 heavy (non-hydrogen) atoms. The Morgan fingerprint density at radius 3 is 2.35 bits per heavy atom. The molecular weight excluding hydrogens is 470 g/mol. The molecule has 0 bridgehead atoms. The minimum Gasteiger partial charge on any atom is -0.496 e. The highest BCUT2D eigenvalue weighted by Gasteiger charge is 2.34. The van der Waals surface area contributed by atoms with Crippen molar-refractivity contribution in [3.63, 3.8) is 0 Å². The van der Waals surface area contributed by atoms with Crippen LogP contribution in [0.5, 0.6) is 11.5 Å². The molecule has 0 aliphatic carbocycles. The van der Waals surface area contributed by atoms with Crippen molar-refractivity contribution in [3.05, 3.63) is 77.9 Å². The molecule has 0 radical (unpaired) electrons. The molecule has 2 N–H and O–H groups in total. The summed E-state index contributed by atoms with van der Waals surface area (Å²) in [6.07, 6.45) is 1.50. The molecule has 190 valence electrons. The van der Waals surface area contributed by atoms with E-state index in [9.17, 15) is 20.0 Å². The first-order valence-corrected chi connectivity index (χ1v) is 12.1. The smallest absolute Gasteiger partial charge is 0.326 e. The predicted octanol–water partition coefficient (Wildman–Crippen LogP) is 4.02. The van der Waals surface area contributed by atoms with Gasteiger partial charge in [-0.05, 0) is 48.2 Å². The standard InChI is InChI=1S/C29H29N3O5/c1-36-25-10-5-11-26(37-2)27(25)20-14-12-19(13-15-20)17-22(29(34)35)31-28(33)24-9-6-16-32(24)23-8-4-3-7-21(23)18-30/h3-5,7-8,10-15,22,24H,6,9,16-17H2,1-2H3,(H,31,33)(H,34,35)/t22-,24-/m0/s1. The maximum Gasteiger partial charge on any atom is 0.326 e. The van der Waals surface area contributed by atoms with Crippen molar-refractivity contribution in [2.75, 3.05) is 25.7 Å². The van der Waals surface area contributed by atoms with E-state index in [2.05, 4.69) is 11.4 Å². The fourth-order valence-corrected chi connectivity index (χ4v) is 4.79. The maximum absolute atomic E-state index is 13.2. The fraction of sp³-hybridized carbons (Fsp3) is 0.276. The predicted molar refractivity (Wildman–Crippen MR) is 140 cm³/mol. The summed E-state index contributed by atoms with van der Waals surface area (Å²) in [5.74, 6) is -0.123. The van der Waals surface area contributed by atoms with Crippen molar-refractivity contribution in [2.45, 2.75) is 31.3 Å². The molecule has 8 heteroatoms. The van der Waals surface area contributed by atoms with Gasteiger partial charge in [0.15, 0.2) is 0 Å². The van der Waals surface area contributed by atoms with Gasteiger partial charge in [-0.25, -0.2) is 4.79 Å². The van der Waals surface area contributed by atoms with E-state index in [1.54, 1.807) is 26.4 Å². The molecule has 0 saturated carbocycles. The number of nitrogens with one attached hydrogen (secondary N) is 1. The summed E-state index contributed by atoms with van der Waals surface area (Å²) in [5, 5.41) is 22.0. The first kappa shape index (κ1) is 25.6. The molecule has 1 aliphatic heterocycles. The largest absolute Gasteiger partial charge is 0.496 e. The number of methoxy groups -OCH3 is 2. The second kappa shape index (κ2) is 11.5. The van der Waals surface area contributed by atoms with Crippen LogP contribution in [0.25, 0.3) is 11.1 Å². The Kier molecular flexibility index (Phi) is 7.94. The Hall–Kier alpha value is -4.51. The molecule has 1 fully saturated rings. The number of anilines is 1. The van der Waals surface area contributed by atoms with E-state index in [4.69, 9.17) is 9.47 Å². The van der Waals surface area contributed by atoms with E-state index in [0.29, 0.717) is 35.7 Å². The molecular formula is C29H29N3O5. The fourth-order valence-electron chi connectivity index (χ4n) is 4.79. The Labute approximate surface area is 216 Å². The summed E-state index contributed by atoms with van der Waals surface area (Å²) in [6.45, 7) is 0.627. The number of carbonyl (C=O) groups excluding carboxylic acids is 1. The summed E-state index contributed by atoms with van der Waals surface area (Å²) in [5.41, 5.74) is 3.62. The van der Waals surface area contributed by atoms with Crippen molar-refractivity contribution in [1.82, 2.24) is 5.32 Å². The van der Waals surface area contributed by atoms with Crippen LogP contribution in [-0.2, 0) is 16.0 Å². The Bertz CT molecular complexity index is 1290. The molecule has 2 atom stereocenters. The third kappa shape index (κ3) is 5.51. The van der Waals surface area contributed by atoms with E-state index >= 15 is 0 Å². The van der Waals surface area contributed by atoms with Gasteiger partial charge in [0.25, 0.3) is 0 Å². The minimum atomic E-state index is -1.11. The van der Waals surface area contributed by atoms with E-state index in [1.807, 2.05) is 59.5 Å². The molecule has 1 amide bonds. The third-order valence-corrected chi connectivity index (χ3v) is 6.61. The molecule has 3 aromatic rings. The average molecular weight is 500 g/mol. The quantitative estimate of drug-likeness (QED) is 0.457. The molecule has 0 unspecified atom stereocenters. The first-order valence-electron chi connectivity index (χ1n) is 12.1. The van der Waals surface area contributed by atoms with Crippen molar-refractivity contribution in [1.29, 1.82) is 5.26 Å². The van der Waals surface area contributed by atoms with Crippen LogP contribution in [0.4, 0.5) is 5.69 Å². The topological polar surface area (TPSA) is 112 Å². The van der Waals surface area contributed by atoms with Crippen LogP contribution >= 0.6 is 0 Å². The van der Waals surface area contributed by atoms with E-state index in [-0.39, 0.29) is 12.3 Å². The SMILES string of the molecule is COc1cccc(OC)c1-c1ccc(C[C@H](NC(=O)[C@@H]2CCCN2c2ccccc2C#N)C(=O)O)cc1. The zero-order valence-electron chi connectivity index (χ0n) is 20.8. The molecule has 0 spiro atoms. The number of hydrogen-bond acceptors (Lipinski definition) is 6. The van der Waals surface area contributed by atoms with Crippen LogP contribution in [0, 0.1) is 11.3 Å². The van der Waals surface area contributed by atoms with Gasteiger partial charge in [0.2, 0.25) is 5.91 Å². The highest BCUT2D eigenvalue weighted by molar-refractivity contribution is 5.90. The lowest BCUT2D eigenvalue weighted by Crippen LogP contribution is -2.50. The Morgan fingerprint density at radius 2 is 1.73 bits per heavy atom. The number of nitrogens with zero attached hydrogens (tertiary/aromatic N) is 2. The van der Waals surface area contributed by atoms with Gasteiger partial charge in [-0.1, -0.05) is 42.5 Å². The van der Waals surface area contributed by atoms with Gasteiger partial charge in [0, 0.05) is 13.0 Å². The number of carboxylic acid groups (broad SMARTS) is 1. The van der Waals surface area contributed by atoms with Gasteiger partial charge in [-0.15, -0.1) is 0 Å². The van der Waals surface area contributed by atoms with Crippen LogP contribution < -0.4 is 19.7 Å². The van der Waals surface area contributed by atoms with Gasteiger partial charge < -0.3 is 24.8 Å². The Balaban J connectivity index is 1.50. The number of ether oxygens (including phenoxy) is 2. The summed E-state index contributed by atoms with van der Waals surface area (Å²) in [4.78, 5) is 27.1. The van der Waals surface area contributed by atoms with Gasteiger partial charge in [-0.3, -0.25) is 4.79 Å². The first-order chi connectivity index (χ1) is 18.0. The number of hydrogen-bond donors (Lipinski definition) is 2. The zero-order valence-corrected chi connectivity index (χ0v) is 20.8. The van der Waals surface area contributed by atoms with Crippen molar-refractivity contribution in [3.8, 4) is 28.7 Å². The lowest BCUT2D eigenvalue weighted by Gasteiger charge is -2.28. The summed E-state index contributed by atoms with van der Waals surface area (Å²) in [7, 11) is 3.19. The highest BCUT2D eigenvalue weighted by Crippen LogP contribution is 2.38. The number of carbonyl (C=O) groups is 2. The number of aliphatic carboxylic acids is 1. The van der Waals surface area contributed by atoms with Gasteiger partial charge in [0.1, 0.15) is 29.7 Å². The summed E-state index contributed by atoms with van der Waals surface area (Å²) < 4.78 is 11.0. The third-order valence-electron chi connectivity index (χ3n) is 6.61. The molecule has 1 aliphatic rings. The van der Waals surface area contributed by atoms with E-state index < -0.39 is 18.1 Å². The number of benzene rings is 3. The second-order valence-electron chi connectivity index (χ2n) is 8.82. The molecule has 8 nitrogen and oxygen atoms in total. The lowest BCUT2D eigenvalue weighted by atomic mass is 9.99. The number of para-hydroxylation sites is 1. The van der Waals surface area contributed by atoms with Crippen molar-refractivity contribution < 1.29 is 24.2 Å². The monoisotopic (exact) mass is 499 g/mol. The van der Waals surface area contributed by atoms with Crippen LogP contribution in [0.3, 0.4) is 0 Å². The number of nitriles is 1. The molecule has 3 aromatic carbocycles. The van der Waals surface area contributed by atoms with Gasteiger partial charge >= 0.3 is 5.97 Å². The van der Waals surface area contributed by atoms with E-state index in [0.717, 1.165) is 23.1 Å². The van der Waals surface area contributed by atoms with Crippen molar-refractivity contribution in [2.24, 2.45) is 0 Å². The molecule has 1 saturated heterocycles. The number of rotatable bonds is 9. The van der Waals surface area contributed by atoms with E-state index in [1.165, 1.54) is 0 Å². The van der Waals surface area contributed by atoms with Gasteiger partial charge in [0.05, 0.1) is 31.0 Å². The summed E-state index contributed by atoms with van der Waals surface area (Å²) in [6, 6.07) is 20.7. The highest BCUT2D eigenvalue weighted by atomic mass is 16.5. The Morgan fingerprint density at radius 1 is 1.05 bits per heavy atom. The number of carboxylic acids is 1. The normalized spacial score (nSPS) is 15.5.